The van der Waals surface area contributed by atoms with E-state index >= 15 is 0 Å². The van der Waals surface area contributed by atoms with Gasteiger partial charge < -0.3 is 9.47 Å². The smallest absolute Gasteiger partial charge is 0.200 e. The van der Waals surface area contributed by atoms with E-state index in [9.17, 15) is 22.0 Å². The molecule has 2 rings (SSSR count). The molecule has 0 aliphatic carbocycles. The second kappa shape index (κ2) is 5.83. The summed E-state index contributed by atoms with van der Waals surface area (Å²) in [5, 5.41) is 0. The van der Waals surface area contributed by atoms with Crippen LogP contribution < -0.4 is 0 Å². The summed E-state index contributed by atoms with van der Waals surface area (Å²) in [5.74, 6) is -9.85. The fourth-order valence-electron chi connectivity index (χ4n) is 1.80. The lowest BCUT2D eigenvalue weighted by molar-refractivity contribution is -0.169. The first kappa shape index (κ1) is 14.2. The van der Waals surface area contributed by atoms with Gasteiger partial charge in [0, 0.05) is 6.61 Å². The molecule has 1 fully saturated rings. The van der Waals surface area contributed by atoms with E-state index in [1.165, 1.54) is 0 Å². The third-order valence-electron chi connectivity index (χ3n) is 2.85. The zero-order valence-electron chi connectivity index (χ0n) is 9.82. The summed E-state index contributed by atoms with van der Waals surface area (Å²) in [6, 6.07) is 0. The molecule has 1 aromatic carbocycles. The minimum Gasteiger partial charge on any atom is -0.353 e. The van der Waals surface area contributed by atoms with Crippen LogP contribution in [0, 0.1) is 29.1 Å². The third-order valence-corrected chi connectivity index (χ3v) is 2.85. The maximum absolute atomic E-state index is 13.3. The zero-order valence-corrected chi connectivity index (χ0v) is 9.82. The van der Waals surface area contributed by atoms with Crippen molar-refractivity contribution in [2.75, 3.05) is 6.61 Å². The molecular weight excluding hydrogens is 271 g/mol. The summed E-state index contributed by atoms with van der Waals surface area (Å²) in [6.45, 7) is -0.280. The Morgan fingerprint density at radius 1 is 0.895 bits per heavy atom. The van der Waals surface area contributed by atoms with E-state index in [2.05, 4.69) is 0 Å². The molecule has 0 aromatic heterocycles. The van der Waals surface area contributed by atoms with Crippen LogP contribution in [-0.2, 0) is 16.1 Å². The lowest BCUT2D eigenvalue weighted by Gasteiger charge is -2.22. The molecule has 0 spiro atoms. The van der Waals surface area contributed by atoms with Crippen molar-refractivity contribution in [1.29, 1.82) is 0 Å². The molecule has 1 aliphatic heterocycles. The molecule has 0 N–H and O–H groups in total. The minimum absolute atomic E-state index is 0.446. The molecule has 1 aliphatic rings. The predicted molar refractivity (Wildman–Crippen MR) is 54.6 cm³/mol. The van der Waals surface area contributed by atoms with E-state index < -0.39 is 47.5 Å². The molecule has 7 heteroatoms. The van der Waals surface area contributed by atoms with Gasteiger partial charge in [0.05, 0.1) is 12.2 Å². The van der Waals surface area contributed by atoms with E-state index in [-0.39, 0.29) is 0 Å². The van der Waals surface area contributed by atoms with Crippen LogP contribution >= 0.6 is 0 Å². The van der Waals surface area contributed by atoms with Crippen molar-refractivity contribution >= 4 is 0 Å². The van der Waals surface area contributed by atoms with Gasteiger partial charge in [-0.2, -0.15) is 0 Å². The molecule has 1 saturated heterocycles. The van der Waals surface area contributed by atoms with E-state index in [1.807, 2.05) is 0 Å². The molecule has 1 heterocycles. The Kier molecular flexibility index (Phi) is 4.36. The number of hydrogen-bond donors (Lipinski definition) is 0. The van der Waals surface area contributed by atoms with Crippen molar-refractivity contribution in [3.05, 3.63) is 34.6 Å². The lowest BCUT2D eigenvalue weighted by atomic mass is 10.1. The predicted octanol–water partition coefficient (Wildman–Crippen LogP) is 3.43. The number of benzene rings is 1. The monoisotopic (exact) mass is 282 g/mol. The van der Waals surface area contributed by atoms with Crippen molar-refractivity contribution in [2.24, 2.45) is 0 Å². The van der Waals surface area contributed by atoms with E-state index in [0.717, 1.165) is 12.8 Å². The lowest BCUT2D eigenvalue weighted by Crippen LogP contribution is -2.23. The average Bonchev–Trinajstić information content (AvgIpc) is 2.44. The van der Waals surface area contributed by atoms with E-state index in [1.54, 1.807) is 0 Å². The maximum Gasteiger partial charge on any atom is 0.200 e. The highest BCUT2D eigenvalue weighted by Crippen LogP contribution is 2.24. The molecule has 2 nitrogen and oxygen atoms in total. The number of rotatable bonds is 3. The van der Waals surface area contributed by atoms with Gasteiger partial charge >= 0.3 is 0 Å². The zero-order chi connectivity index (χ0) is 14.0. The van der Waals surface area contributed by atoms with Crippen molar-refractivity contribution in [2.45, 2.75) is 32.2 Å². The van der Waals surface area contributed by atoms with Crippen molar-refractivity contribution < 1.29 is 31.4 Å². The average molecular weight is 282 g/mol. The van der Waals surface area contributed by atoms with Gasteiger partial charge in [0.1, 0.15) is 0 Å². The normalized spacial score (nSPS) is 19.7. The highest BCUT2D eigenvalue weighted by molar-refractivity contribution is 5.23. The van der Waals surface area contributed by atoms with Crippen LogP contribution in [0.15, 0.2) is 0 Å². The summed E-state index contributed by atoms with van der Waals surface area (Å²) in [7, 11) is 0. The third kappa shape index (κ3) is 2.87. The minimum atomic E-state index is -2.17. The highest BCUT2D eigenvalue weighted by atomic mass is 19.2. The van der Waals surface area contributed by atoms with Gasteiger partial charge in [-0.15, -0.1) is 0 Å². The Labute approximate surface area is 106 Å². The largest absolute Gasteiger partial charge is 0.353 e. The number of halogens is 5. The Bertz CT molecular complexity index is 443. The molecule has 0 bridgehead atoms. The molecule has 0 radical (unpaired) electrons. The van der Waals surface area contributed by atoms with Crippen molar-refractivity contribution in [3.63, 3.8) is 0 Å². The molecule has 0 saturated carbocycles. The SMILES string of the molecule is Fc1c(F)c(F)c(COC2CCCCO2)c(F)c1F. The van der Waals surface area contributed by atoms with Crippen LogP contribution in [-0.4, -0.2) is 12.9 Å². The van der Waals surface area contributed by atoms with Gasteiger partial charge in [0.15, 0.2) is 29.6 Å². The summed E-state index contributed by atoms with van der Waals surface area (Å²) in [4.78, 5) is 0. The molecular formula is C12H11F5O2. The molecule has 19 heavy (non-hydrogen) atoms. The van der Waals surface area contributed by atoms with Crippen LogP contribution in [0.5, 0.6) is 0 Å². The molecule has 0 amide bonds. The van der Waals surface area contributed by atoms with Crippen LogP contribution in [0.2, 0.25) is 0 Å². The van der Waals surface area contributed by atoms with Gasteiger partial charge in [-0.1, -0.05) is 0 Å². The number of ether oxygens (including phenoxy) is 2. The van der Waals surface area contributed by atoms with E-state index in [4.69, 9.17) is 9.47 Å². The Hall–Kier alpha value is -1.21. The fourth-order valence-corrected chi connectivity index (χ4v) is 1.80. The number of hydrogen-bond acceptors (Lipinski definition) is 2. The quantitative estimate of drug-likeness (QED) is 0.480. The Morgan fingerprint density at radius 3 is 2.00 bits per heavy atom. The maximum atomic E-state index is 13.3. The molecule has 1 atom stereocenters. The van der Waals surface area contributed by atoms with Crippen LogP contribution in [0.4, 0.5) is 22.0 Å². The summed E-state index contributed by atoms with van der Waals surface area (Å²) < 4.78 is 75.4. The van der Waals surface area contributed by atoms with Crippen LogP contribution in [0.3, 0.4) is 0 Å². The van der Waals surface area contributed by atoms with Gasteiger partial charge in [-0.25, -0.2) is 22.0 Å². The highest BCUT2D eigenvalue weighted by Gasteiger charge is 2.26. The topological polar surface area (TPSA) is 18.5 Å². The summed E-state index contributed by atoms with van der Waals surface area (Å²) in [5.41, 5.74) is -0.981. The fraction of sp³-hybridized carbons (Fsp3) is 0.500. The van der Waals surface area contributed by atoms with Gasteiger partial charge in [-0.3, -0.25) is 0 Å². The van der Waals surface area contributed by atoms with Gasteiger partial charge in [0.2, 0.25) is 5.82 Å². The first-order chi connectivity index (χ1) is 9.02. The van der Waals surface area contributed by atoms with Crippen LogP contribution in [0.25, 0.3) is 0 Å². The second-order valence-corrected chi connectivity index (χ2v) is 4.16. The Morgan fingerprint density at radius 2 is 1.47 bits per heavy atom. The molecule has 1 aromatic rings. The van der Waals surface area contributed by atoms with Gasteiger partial charge in [-0.05, 0) is 19.3 Å². The van der Waals surface area contributed by atoms with Crippen LogP contribution in [0.1, 0.15) is 24.8 Å². The van der Waals surface area contributed by atoms with Crippen molar-refractivity contribution in [1.82, 2.24) is 0 Å². The second-order valence-electron chi connectivity index (χ2n) is 4.16. The summed E-state index contributed by atoms with van der Waals surface area (Å²) >= 11 is 0. The van der Waals surface area contributed by atoms with Crippen molar-refractivity contribution in [3.8, 4) is 0 Å². The standard InChI is InChI=1S/C12H11F5O2/c13-8-6(5-19-7-3-1-2-4-18-7)9(14)11(16)12(17)10(8)15/h7H,1-5H2. The Balaban J connectivity index is 2.15. The first-order valence-electron chi connectivity index (χ1n) is 5.76. The summed E-state index contributed by atoms with van der Waals surface area (Å²) in [6.07, 6.45) is 1.52. The first-order valence-corrected chi connectivity index (χ1v) is 5.76. The molecule has 106 valence electrons. The van der Waals surface area contributed by atoms with Gasteiger partial charge in [0.25, 0.3) is 0 Å². The molecule has 1 unspecified atom stereocenters. The van der Waals surface area contributed by atoms with E-state index in [0.29, 0.717) is 13.0 Å².